The highest BCUT2D eigenvalue weighted by molar-refractivity contribution is 6.36. The van der Waals surface area contributed by atoms with Crippen LogP contribution in [0.3, 0.4) is 0 Å². The molecule has 1 aromatic carbocycles. The Hall–Kier alpha value is -8.27. The number of methoxy groups -OCH3 is 1. The van der Waals surface area contributed by atoms with Crippen LogP contribution in [-0.4, -0.2) is 206 Å². The molecule has 7 saturated heterocycles. The number of nitrogens with zero attached hydrogens (tertiary/aromatic N) is 15. The van der Waals surface area contributed by atoms with Gasteiger partial charge in [0.05, 0.1) is 39.7 Å². The molecule has 7 aliphatic heterocycles. The Morgan fingerprint density at radius 2 is 1.40 bits per heavy atom. The molecule has 0 bridgehead atoms. The van der Waals surface area contributed by atoms with Crippen LogP contribution in [0.2, 0.25) is 5.02 Å². The van der Waals surface area contributed by atoms with Crippen molar-refractivity contribution in [1.29, 1.82) is 0 Å². The van der Waals surface area contributed by atoms with Crippen molar-refractivity contribution in [2.45, 2.75) is 113 Å². The van der Waals surface area contributed by atoms with Gasteiger partial charge in [0.2, 0.25) is 11.8 Å². The van der Waals surface area contributed by atoms with E-state index in [-0.39, 0.29) is 80.9 Å². The van der Waals surface area contributed by atoms with Crippen molar-refractivity contribution in [2.75, 3.05) is 115 Å². The number of benzene rings is 1. The van der Waals surface area contributed by atoms with E-state index in [1.165, 1.54) is 45.3 Å². The van der Waals surface area contributed by atoms with Crippen LogP contribution in [-0.2, 0) is 15.8 Å². The fraction of sp³-hybridized carbons (Fsp3) is 0.485. The molecule has 7 aliphatic rings. The Bertz CT molecular complexity index is 4070. The first-order valence-corrected chi connectivity index (χ1v) is 32.2. The lowest BCUT2D eigenvalue weighted by Gasteiger charge is -2.35. The SMILES string of the molecule is C=CC(=O)N1CCC(N(C)c2nc(OCC34CCCN3CCC4)nc3c(F)c(-c4cc(N)nc(C)c4C(F)(F)F)ncc23)C1.COc1nc(N(C)C2CCN(C(=O)/C=C/C3CCN3C)C2)c2cnc(-c3nc(N)cc4cccc(Cl)c34)c(F)c2n1.FC1CC2CCCN2C1. The van der Waals surface area contributed by atoms with Gasteiger partial charge in [0.1, 0.15) is 64.2 Å². The number of carbonyl (C=O) groups excluding carboxylic acids is 2. The van der Waals surface area contributed by atoms with Gasteiger partial charge in [-0.15, -0.1) is 0 Å². The maximum absolute atomic E-state index is 16.4. The van der Waals surface area contributed by atoms with E-state index in [4.69, 9.17) is 32.5 Å². The van der Waals surface area contributed by atoms with E-state index in [0.717, 1.165) is 82.6 Å². The summed E-state index contributed by atoms with van der Waals surface area (Å²) in [6, 6.07) is 8.63. The lowest BCUT2D eigenvalue weighted by Crippen LogP contribution is -2.43. The average Bonchev–Trinajstić information content (AvgIpc) is 0.871. The van der Waals surface area contributed by atoms with Crippen LogP contribution in [0.25, 0.3) is 55.2 Å². The number of likely N-dealkylation sites (N-methyl/N-ethyl adjacent to an activating group) is 3. The number of alkyl halides is 4. The van der Waals surface area contributed by atoms with Gasteiger partial charge >= 0.3 is 18.2 Å². The van der Waals surface area contributed by atoms with Crippen molar-refractivity contribution in [2.24, 2.45) is 0 Å². The van der Waals surface area contributed by atoms with Crippen molar-refractivity contribution >= 4 is 79.3 Å². The number of pyridine rings is 4. The van der Waals surface area contributed by atoms with Crippen molar-refractivity contribution in [3.05, 3.63) is 95.4 Å². The number of hydrogen-bond acceptors (Lipinski definition) is 19. The van der Waals surface area contributed by atoms with Crippen LogP contribution in [0.1, 0.15) is 75.5 Å². The molecule has 4 N–H and O–H groups in total. The summed E-state index contributed by atoms with van der Waals surface area (Å²) in [6.07, 6.45) is 12.1. The van der Waals surface area contributed by atoms with Gasteiger partial charge in [-0.3, -0.25) is 34.3 Å². The van der Waals surface area contributed by atoms with Crippen molar-refractivity contribution in [3.63, 3.8) is 0 Å². The first-order chi connectivity index (χ1) is 45.0. The topological polar surface area (TPSA) is 230 Å². The fourth-order valence-corrected chi connectivity index (χ4v) is 14.8. The number of amides is 2. The molecule has 7 aromatic rings. The van der Waals surface area contributed by atoms with Gasteiger partial charge in [0.25, 0.3) is 0 Å². The summed E-state index contributed by atoms with van der Waals surface area (Å²) < 4.78 is 99.2. The van der Waals surface area contributed by atoms with E-state index in [0.29, 0.717) is 85.3 Å². The molecule has 498 valence electrons. The fourth-order valence-electron chi connectivity index (χ4n) is 14.5. The number of ether oxygens (including phenoxy) is 2. The second-order valence-electron chi connectivity index (χ2n) is 25.4. The minimum Gasteiger partial charge on any atom is -0.467 e. The van der Waals surface area contributed by atoms with Crippen LogP contribution in [0.4, 0.5) is 49.6 Å². The highest BCUT2D eigenvalue weighted by Crippen LogP contribution is 2.44. The van der Waals surface area contributed by atoms with E-state index in [1.54, 1.807) is 36.2 Å². The Kier molecular flexibility index (Phi) is 18.8. The van der Waals surface area contributed by atoms with Crippen molar-refractivity contribution in [1.82, 2.24) is 64.4 Å². The quantitative estimate of drug-likeness (QED) is 0.0808. The second kappa shape index (κ2) is 26.9. The molecule has 0 aliphatic carbocycles. The maximum Gasteiger partial charge on any atom is 0.418 e. The van der Waals surface area contributed by atoms with Gasteiger partial charge in [-0.05, 0) is 127 Å². The number of aryl methyl sites for hydroxylation is 1. The minimum absolute atomic E-state index is 0.01000. The van der Waals surface area contributed by atoms with E-state index in [2.05, 4.69) is 61.2 Å². The Balaban J connectivity index is 0.000000159. The predicted octanol–water partition coefficient (Wildman–Crippen LogP) is 9.48. The third kappa shape index (κ3) is 13.0. The molecule has 28 heteroatoms. The van der Waals surface area contributed by atoms with Gasteiger partial charge in [0, 0.05) is 107 Å². The first-order valence-electron chi connectivity index (χ1n) is 31.8. The molecule has 5 atom stereocenters. The molecule has 0 saturated carbocycles. The molecule has 7 fully saturated rings. The summed E-state index contributed by atoms with van der Waals surface area (Å²) in [4.78, 5) is 73.9. The number of rotatable bonds is 13. The summed E-state index contributed by atoms with van der Waals surface area (Å²) in [5.74, 6) is -1.18. The molecule has 94 heavy (non-hydrogen) atoms. The zero-order chi connectivity index (χ0) is 66.5. The molecule has 0 spiro atoms. The maximum atomic E-state index is 16.4. The summed E-state index contributed by atoms with van der Waals surface area (Å²) in [7, 11) is 7.12. The van der Waals surface area contributed by atoms with Gasteiger partial charge in [-0.25, -0.2) is 23.1 Å². The van der Waals surface area contributed by atoms with Crippen molar-refractivity contribution in [3.8, 4) is 34.7 Å². The Morgan fingerprint density at radius 1 is 0.777 bits per heavy atom. The molecule has 14 rings (SSSR count). The van der Waals surface area contributed by atoms with E-state index >= 15 is 8.78 Å². The largest absolute Gasteiger partial charge is 0.467 e. The smallest absolute Gasteiger partial charge is 0.418 e. The third-order valence-electron chi connectivity index (χ3n) is 19.7. The van der Waals surface area contributed by atoms with Crippen LogP contribution in [0, 0.1) is 18.6 Å². The summed E-state index contributed by atoms with van der Waals surface area (Å²) >= 11 is 6.49. The molecule has 6 aromatic heterocycles. The number of aromatic nitrogens is 8. The van der Waals surface area contributed by atoms with Gasteiger partial charge in [-0.2, -0.15) is 33.1 Å². The number of carbonyl (C=O) groups is 2. The zero-order valence-corrected chi connectivity index (χ0v) is 53.9. The second-order valence-corrected chi connectivity index (χ2v) is 25.8. The van der Waals surface area contributed by atoms with Gasteiger partial charge < -0.3 is 40.5 Å². The highest BCUT2D eigenvalue weighted by Gasteiger charge is 2.46. The number of fused-ring (bicyclic) bond motifs is 5. The zero-order valence-electron chi connectivity index (χ0n) is 53.2. The lowest BCUT2D eigenvalue weighted by molar-refractivity contribution is -0.137. The molecule has 2 amide bonds. The van der Waals surface area contributed by atoms with E-state index < -0.39 is 46.5 Å². The van der Waals surface area contributed by atoms with Gasteiger partial charge in [0.15, 0.2) is 11.6 Å². The monoisotopic (exact) mass is 1320 g/mol. The van der Waals surface area contributed by atoms with Crippen LogP contribution in [0.15, 0.2) is 67.5 Å². The number of halogens is 7. The number of hydrogen-bond donors (Lipinski definition) is 2. The number of anilines is 4. The number of nitrogen functional groups attached to an aromatic ring is 2. The molecular formula is C66H76ClF6N17O4. The third-order valence-corrected chi connectivity index (χ3v) is 20.0. The summed E-state index contributed by atoms with van der Waals surface area (Å²) in [6.45, 7) is 11.9. The van der Waals surface area contributed by atoms with E-state index in [9.17, 15) is 27.2 Å². The normalized spacial score (nSPS) is 21.9. The molecular weight excluding hydrogens is 1240 g/mol. The van der Waals surface area contributed by atoms with Crippen LogP contribution in [0.5, 0.6) is 12.0 Å². The number of nitrogens with two attached hydrogens (primary N) is 2. The highest BCUT2D eigenvalue weighted by atomic mass is 35.5. The first kappa shape index (κ1) is 65.8. The standard InChI is InChI=1S/C30H34F4N8O2.C29H30ClFN8O2.C7H12FN/c1-4-22(43)41-12-7-18(15-41)40(3)27-20-14-36-25(19-13-21(35)37-17(2)23(19)30(32,33)34)24(31)26(20)38-28(39-27)44-16-29-8-5-10-42(29)11-6-9-29;1-37-11-9-17(37)7-8-22(40)39-12-10-18(15-39)38(2)28-19-14-33-27(24(31)25(19)35-29(36-28)41-3)26-23-16(13-21(32)34-26)5-4-6-20(23)30;8-6-4-7-2-1-3-9(7)5-6/h4,13-14,18H,1,5-12,15-16H2,2-3H3,(H2,35,37);4-8,13-14,17-18H,9-12,15H2,1-3H3,(H2,32,34);6-7H,1-5H2/b;8-7+;. The van der Waals surface area contributed by atoms with Crippen LogP contribution >= 0.6 is 11.6 Å². The Labute approximate surface area is 545 Å². The number of likely N-dealkylation sites (tertiary alicyclic amines) is 3. The van der Waals surface area contributed by atoms with E-state index in [1.807, 2.05) is 40.9 Å². The Morgan fingerprint density at radius 3 is 2.02 bits per heavy atom. The van der Waals surface area contributed by atoms with Crippen LogP contribution < -0.4 is 30.7 Å². The lowest BCUT2D eigenvalue weighted by atomic mass is 9.95. The summed E-state index contributed by atoms with van der Waals surface area (Å²) in [5, 5.41) is 2.27. The molecule has 13 heterocycles. The van der Waals surface area contributed by atoms with Crippen molar-refractivity contribution < 1.29 is 45.4 Å². The molecule has 5 unspecified atom stereocenters. The summed E-state index contributed by atoms with van der Waals surface area (Å²) in [5.41, 5.74) is 9.10. The average molecular weight is 1320 g/mol. The molecule has 0 radical (unpaired) electrons. The minimum atomic E-state index is -4.83. The van der Waals surface area contributed by atoms with Gasteiger partial charge in [-0.1, -0.05) is 36.4 Å². The molecule has 21 nitrogen and oxygen atoms in total. The predicted molar refractivity (Wildman–Crippen MR) is 348 cm³/mol.